The van der Waals surface area contributed by atoms with Crippen molar-refractivity contribution >= 4 is 11.6 Å². The average molecular weight is 259 g/mol. The summed E-state index contributed by atoms with van der Waals surface area (Å²) in [6.45, 7) is 0. The summed E-state index contributed by atoms with van der Waals surface area (Å²) in [6.07, 6.45) is 7.87. The molecule has 0 amide bonds. The van der Waals surface area contributed by atoms with E-state index in [1.54, 1.807) is 4.40 Å². The van der Waals surface area contributed by atoms with Gasteiger partial charge in [-0.3, -0.25) is 4.40 Å². The summed E-state index contributed by atoms with van der Waals surface area (Å²) in [4.78, 5) is 19.7. The highest BCUT2D eigenvalue weighted by molar-refractivity contribution is 5.85. The summed E-state index contributed by atoms with van der Waals surface area (Å²) in [5.74, 6) is -0.194. The van der Waals surface area contributed by atoms with Crippen LogP contribution < -0.4 is 4.74 Å². The Morgan fingerprint density at radius 1 is 1.26 bits per heavy atom. The first-order valence-corrected chi connectivity index (χ1v) is 6.50. The molecule has 6 nitrogen and oxygen atoms in total. The molecule has 0 atom stereocenters. The number of imidazole rings is 1. The number of hydrogen-bond donors (Lipinski definition) is 1. The topological polar surface area (TPSA) is 76.7 Å². The molecule has 2 aromatic heterocycles. The molecule has 0 aliphatic heterocycles. The van der Waals surface area contributed by atoms with Crippen LogP contribution in [0.1, 0.15) is 47.8 Å². The number of carboxylic acid groups (broad SMARTS) is 1. The molecule has 1 N–H and O–H groups in total. The maximum absolute atomic E-state index is 11.1. The standard InChI is InChI=1S/C13H13N3O3/c17-13(18)10-6-16-5-9(7-1-2-7)14-11(16)12(15-10)19-8-3-4-8/h5-8H,1-4H2,(H,17,18). The summed E-state index contributed by atoms with van der Waals surface area (Å²) >= 11 is 0. The van der Waals surface area contributed by atoms with Crippen molar-refractivity contribution in [2.75, 3.05) is 0 Å². The minimum absolute atomic E-state index is 0.0112. The zero-order chi connectivity index (χ0) is 13.0. The Balaban J connectivity index is 1.85. The Kier molecular flexibility index (Phi) is 2.09. The van der Waals surface area contributed by atoms with Crippen molar-refractivity contribution < 1.29 is 14.6 Å². The van der Waals surface area contributed by atoms with Gasteiger partial charge in [0.2, 0.25) is 5.65 Å². The summed E-state index contributed by atoms with van der Waals surface area (Å²) in [7, 11) is 0. The third kappa shape index (κ3) is 1.93. The van der Waals surface area contributed by atoms with Gasteiger partial charge in [0, 0.05) is 18.3 Å². The van der Waals surface area contributed by atoms with E-state index in [2.05, 4.69) is 9.97 Å². The van der Waals surface area contributed by atoms with Gasteiger partial charge in [-0.05, 0) is 25.7 Å². The fourth-order valence-electron chi connectivity index (χ4n) is 2.09. The minimum atomic E-state index is -1.05. The molecule has 2 fully saturated rings. The molecule has 4 rings (SSSR count). The quantitative estimate of drug-likeness (QED) is 0.906. The minimum Gasteiger partial charge on any atom is -0.476 e. The smallest absolute Gasteiger partial charge is 0.356 e. The van der Waals surface area contributed by atoms with E-state index < -0.39 is 5.97 Å². The number of rotatable bonds is 4. The highest BCUT2D eigenvalue weighted by atomic mass is 16.5. The largest absolute Gasteiger partial charge is 0.476 e. The van der Waals surface area contributed by atoms with Crippen molar-refractivity contribution in [3.05, 3.63) is 23.8 Å². The molecule has 19 heavy (non-hydrogen) atoms. The van der Waals surface area contributed by atoms with Crippen LogP contribution in [-0.2, 0) is 0 Å². The van der Waals surface area contributed by atoms with Crippen molar-refractivity contribution in [1.29, 1.82) is 0 Å². The van der Waals surface area contributed by atoms with Gasteiger partial charge in [0.25, 0.3) is 5.88 Å². The van der Waals surface area contributed by atoms with Gasteiger partial charge in [-0.25, -0.2) is 14.8 Å². The monoisotopic (exact) mass is 259 g/mol. The Bertz CT molecular complexity index is 671. The summed E-state index contributed by atoms with van der Waals surface area (Å²) < 4.78 is 7.41. The van der Waals surface area contributed by atoms with Gasteiger partial charge in [0.1, 0.15) is 6.10 Å². The summed E-state index contributed by atoms with van der Waals surface area (Å²) in [5.41, 5.74) is 1.62. The summed E-state index contributed by atoms with van der Waals surface area (Å²) in [5, 5.41) is 9.10. The molecule has 2 saturated carbocycles. The number of fused-ring (bicyclic) bond motifs is 1. The molecule has 0 bridgehead atoms. The van der Waals surface area contributed by atoms with Crippen LogP contribution in [0.25, 0.3) is 5.65 Å². The number of carbonyl (C=O) groups is 1. The fourth-order valence-corrected chi connectivity index (χ4v) is 2.09. The maximum atomic E-state index is 11.1. The number of ether oxygens (including phenoxy) is 1. The van der Waals surface area contributed by atoms with Crippen LogP contribution in [0, 0.1) is 0 Å². The Morgan fingerprint density at radius 2 is 2.05 bits per heavy atom. The van der Waals surface area contributed by atoms with Gasteiger partial charge in [-0.15, -0.1) is 0 Å². The number of nitrogens with zero attached hydrogens (tertiary/aromatic N) is 3. The molecule has 0 saturated heterocycles. The molecule has 2 aromatic rings. The molecule has 2 heterocycles. The fraction of sp³-hybridized carbons (Fsp3) is 0.462. The molecule has 6 heteroatoms. The van der Waals surface area contributed by atoms with E-state index in [4.69, 9.17) is 9.84 Å². The second-order valence-electron chi connectivity index (χ2n) is 5.22. The van der Waals surface area contributed by atoms with E-state index in [1.165, 1.54) is 6.20 Å². The highest BCUT2D eigenvalue weighted by Crippen LogP contribution is 2.40. The Labute approximate surface area is 109 Å². The first-order valence-electron chi connectivity index (χ1n) is 6.50. The lowest BCUT2D eigenvalue weighted by molar-refractivity contribution is 0.0688. The van der Waals surface area contributed by atoms with Crippen molar-refractivity contribution in [3.63, 3.8) is 0 Å². The number of carboxylic acids is 1. The highest BCUT2D eigenvalue weighted by Gasteiger charge is 2.29. The van der Waals surface area contributed by atoms with Gasteiger partial charge in [-0.1, -0.05) is 0 Å². The molecular weight excluding hydrogens is 246 g/mol. The number of hydrogen-bond acceptors (Lipinski definition) is 4. The van der Waals surface area contributed by atoms with E-state index in [1.807, 2.05) is 6.20 Å². The zero-order valence-electron chi connectivity index (χ0n) is 10.2. The molecule has 98 valence electrons. The first-order chi connectivity index (χ1) is 9.20. The van der Waals surface area contributed by atoms with Gasteiger partial charge in [0.15, 0.2) is 5.69 Å². The van der Waals surface area contributed by atoms with Crippen LogP contribution >= 0.6 is 0 Å². The molecular formula is C13H13N3O3. The predicted octanol–water partition coefficient (Wildman–Crippen LogP) is 1.85. The molecule has 0 radical (unpaired) electrons. The SMILES string of the molecule is O=C(O)c1cn2cc(C3CC3)nc2c(OC2CC2)n1. The molecule has 2 aliphatic carbocycles. The lowest BCUT2D eigenvalue weighted by Gasteiger charge is -2.05. The average Bonchev–Trinajstić information content (AvgIpc) is 3.28. The number of aromatic nitrogens is 3. The van der Waals surface area contributed by atoms with Crippen molar-refractivity contribution in [3.8, 4) is 5.88 Å². The third-order valence-electron chi connectivity index (χ3n) is 3.44. The predicted molar refractivity (Wildman–Crippen MR) is 65.6 cm³/mol. The zero-order valence-corrected chi connectivity index (χ0v) is 10.2. The Hall–Kier alpha value is -2.11. The number of aromatic carboxylic acids is 1. The van der Waals surface area contributed by atoms with Gasteiger partial charge < -0.3 is 9.84 Å². The normalized spacial score (nSPS) is 18.7. The molecule has 0 unspecified atom stereocenters. The first kappa shape index (κ1) is 10.8. The van der Waals surface area contributed by atoms with Gasteiger partial charge >= 0.3 is 5.97 Å². The van der Waals surface area contributed by atoms with Crippen molar-refractivity contribution in [2.45, 2.75) is 37.7 Å². The second-order valence-corrected chi connectivity index (χ2v) is 5.22. The second kappa shape index (κ2) is 3.69. The third-order valence-corrected chi connectivity index (χ3v) is 3.44. The van der Waals surface area contributed by atoms with E-state index >= 15 is 0 Å². The Morgan fingerprint density at radius 3 is 2.68 bits per heavy atom. The molecule has 0 spiro atoms. The van der Waals surface area contributed by atoms with Crippen LogP contribution in [-0.4, -0.2) is 31.5 Å². The van der Waals surface area contributed by atoms with E-state index in [-0.39, 0.29) is 11.8 Å². The van der Waals surface area contributed by atoms with E-state index in [0.29, 0.717) is 17.4 Å². The van der Waals surface area contributed by atoms with Crippen molar-refractivity contribution in [2.24, 2.45) is 0 Å². The van der Waals surface area contributed by atoms with Crippen LogP contribution in [0.3, 0.4) is 0 Å². The van der Waals surface area contributed by atoms with E-state index in [9.17, 15) is 4.79 Å². The van der Waals surface area contributed by atoms with Crippen LogP contribution in [0.5, 0.6) is 5.88 Å². The molecule has 0 aromatic carbocycles. The maximum Gasteiger partial charge on any atom is 0.356 e. The van der Waals surface area contributed by atoms with Gasteiger partial charge in [0.05, 0.1) is 5.69 Å². The summed E-state index contributed by atoms with van der Waals surface area (Å²) in [6, 6.07) is 0. The molecule has 2 aliphatic rings. The lowest BCUT2D eigenvalue weighted by atomic mass is 10.3. The van der Waals surface area contributed by atoms with E-state index in [0.717, 1.165) is 31.4 Å². The lowest BCUT2D eigenvalue weighted by Crippen LogP contribution is -2.07. The van der Waals surface area contributed by atoms with Crippen LogP contribution in [0.4, 0.5) is 0 Å². The van der Waals surface area contributed by atoms with Gasteiger partial charge in [-0.2, -0.15) is 0 Å². The van der Waals surface area contributed by atoms with Crippen LogP contribution in [0.2, 0.25) is 0 Å². The van der Waals surface area contributed by atoms with Crippen LogP contribution in [0.15, 0.2) is 12.4 Å². The van der Waals surface area contributed by atoms with Crippen molar-refractivity contribution in [1.82, 2.24) is 14.4 Å².